The summed E-state index contributed by atoms with van der Waals surface area (Å²) >= 11 is 5.80. The zero-order chi connectivity index (χ0) is 14.5. The van der Waals surface area contributed by atoms with E-state index in [0.717, 1.165) is 12.0 Å². The molecule has 1 aliphatic heterocycles. The van der Waals surface area contributed by atoms with Crippen LogP contribution < -0.4 is 0 Å². The summed E-state index contributed by atoms with van der Waals surface area (Å²) in [6, 6.07) is 6.98. The predicted molar refractivity (Wildman–Crippen MR) is 73.5 cm³/mol. The first-order valence-electron chi connectivity index (χ1n) is 6.43. The molecule has 1 aromatic carbocycles. The van der Waals surface area contributed by atoms with Gasteiger partial charge in [0.15, 0.2) is 0 Å². The first-order valence-corrected chi connectivity index (χ1v) is 6.80. The molecule has 0 saturated carbocycles. The standard InChI is InChI=1S/C14H16ClNO4/c15-11-5-3-10(4-6-11)8-16(9-13(17)18)14(19)12-2-1-7-20-12/h3-6,12H,1-2,7-9H2,(H,17,18)/t12-/m0/s1. The second kappa shape index (κ2) is 6.72. The van der Waals surface area contributed by atoms with Crippen LogP contribution in [0.2, 0.25) is 5.02 Å². The topological polar surface area (TPSA) is 66.8 Å². The number of carboxylic acid groups (broad SMARTS) is 1. The second-order valence-electron chi connectivity index (χ2n) is 4.72. The average molecular weight is 298 g/mol. The Morgan fingerprint density at radius 2 is 2.05 bits per heavy atom. The van der Waals surface area contributed by atoms with Crippen LogP contribution in [0.1, 0.15) is 18.4 Å². The Kier molecular flexibility index (Phi) is 4.98. The van der Waals surface area contributed by atoms with Gasteiger partial charge in [-0.05, 0) is 30.5 Å². The first kappa shape index (κ1) is 14.8. The van der Waals surface area contributed by atoms with Crippen molar-refractivity contribution in [2.45, 2.75) is 25.5 Å². The molecule has 1 aromatic rings. The van der Waals surface area contributed by atoms with Crippen LogP contribution in [0.25, 0.3) is 0 Å². The van der Waals surface area contributed by atoms with E-state index in [0.29, 0.717) is 18.1 Å². The van der Waals surface area contributed by atoms with E-state index in [-0.39, 0.29) is 19.0 Å². The Balaban J connectivity index is 2.08. The number of amides is 1. The van der Waals surface area contributed by atoms with Crippen molar-refractivity contribution in [3.8, 4) is 0 Å². The average Bonchev–Trinajstić information content (AvgIpc) is 2.93. The maximum absolute atomic E-state index is 12.3. The van der Waals surface area contributed by atoms with Crippen LogP contribution in [0.5, 0.6) is 0 Å². The predicted octanol–water partition coefficient (Wildman–Crippen LogP) is 1.93. The summed E-state index contributed by atoms with van der Waals surface area (Å²) in [5.41, 5.74) is 0.835. The molecule has 0 aromatic heterocycles. The van der Waals surface area contributed by atoms with Crippen molar-refractivity contribution < 1.29 is 19.4 Å². The number of rotatable bonds is 5. The quantitative estimate of drug-likeness (QED) is 0.902. The van der Waals surface area contributed by atoms with Gasteiger partial charge in [-0.3, -0.25) is 9.59 Å². The van der Waals surface area contributed by atoms with Crippen molar-refractivity contribution >= 4 is 23.5 Å². The summed E-state index contributed by atoms with van der Waals surface area (Å²) in [5.74, 6) is -1.30. The van der Waals surface area contributed by atoms with Crippen molar-refractivity contribution in [3.05, 3.63) is 34.9 Å². The van der Waals surface area contributed by atoms with Crippen LogP contribution >= 0.6 is 11.6 Å². The number of aliphatic carboxylic acids is 1. The third-order valence-corrected chi connectivity index (χ3v) is 3.38. The summed E-state index contributed by atoms with van der Waals surface area (Å²) in [7, 11) is 0. The minimum absolute atomic E-state index is 0.238. The number of benzene rings is 1. The molecule has 1 aliphatic rings. The van der Waals surface area contributed by atoms with E-state index in [4.69, 9.17) is 21.4 Å². The molecule has 0 spiro atoms. The van der Waals surface area contributed by atoms with Gasteiger partial charge in [-0.25, -0.2) is 0 Å². The van der Waals surface area contributed by atoms with Crippen LogP contribution in [0, 0.1) is 0 Å². The molecule has 20 heavy (non-hydrogen) atoms. The van der Waals surface area contributed by atoms with Gasteiger partial charge in [-0.1, -0.05) is 23.7 Å². The molecule has 1 saturated heterocycles. The fourth-order valence-electron chi connectivity index (χ4n) is 2.16. The van der Waals surface area contributed by atoms with Crippen LogP contribution in [0.3, 0.4) is 0 Å². The lowest BCUT2D eigenvalue weighted by Gasteiger charge is -2.23. The lowest BCUT2D eigenvalue weighted by Crippen LogP contribution is -2.41. The third-order valence-electron chi connectivity index (χ3n) is 3.13. The summed E-state index contributed by atoms with van der Waals surface area (Å²) in [5, 5.41) is 9.54. The Morgan fingerprint density at radius 1 is 1.35 bits per heavy atom. The van der Waals surface area contributed by atoms with Crippen LogP contribution in [-0.4, -0.2) is 41.1 Å². The SMILES string of the molecule is O=C(O)CN(Cc1ccc(Cl)cc1)C(=O)[C@@H]1CCCO1. The van der Waals surface area contributed by atoms with Gasteiger partial charge in [0.05, 0.1) is 0 Å². The van der Waals surface area contributed by atoms with E-state index in [1.807, 2.05) is 0 Å². The maximum atomic E-state index is 12.3. The number of carbonyl (C=O) groups excluding carboxylic acids is 1. The fraction of sp³-hybridized carbons (Fsp3) is 0.429. The molecule has 0 unspecified atom stereocenters. The highest BCUT2D eigenvalue weighted by molar-refractivity contribution is 6.30. The zero-order valence-corrected chi connectivity index (χ0v) is 11.7. The highest BCUT2D eigenvalue weighted by Crippen LogP contribution is 2.17. The number of hydrogen-bond donors (Lipinski definition) is 1. The minimum Gasteiger partial charge on any atom is -0.480 e. The molecule has 6 heteroatoms. The molecular formula is C14H16ClNO4. The monoisotopic (exact) mass is 297 g/mol. The number of carboxylic acids is 1. The number of carbonyl (C=O) groups is 2. The van der Waals surface area contributed by atoms with Crippen LogP contribution in [0.4, 0.5) is 0 Å². The molecule has 108 valence electrons. The Hall–Kier alpha value is -1.59. The highest BCUT2D eigenvalue weighted by Gasteiger charge is 2.29. The lowest BCUT2D eigenvalue weighted by molar-refractivity contribution is -0.149. The summed E-state index contributed by atoms with van der Waals surface area (Å²) < 4.78 is 5.33. The van der Waals surface area contributed by atoms with E-state index in [1.54, 1.807) is 24.3 Å². The normalized spacial score (nSPS) is 17.9. The third kappa shape index (κ3) is 3.95. The fourth-order valence-corrected chi connectivity index (χ4v) is 2.29. The van der Waals surface area contributed by atoms with Crippen molar-refractivity contribution in [3.63, 3.8) is 0 Å². The molecule has 5 nitrogen and oxygen atoms in total. The van der Waals surface area contributed by atoms with Gasteiger partial charge in [-0.2, -0.15) is 0 Å². The minimum atomic E-state index is -1.04. The van der Waals surface area contributed by atoms with E-state index in [9.17, 15) is 9.59 Å². The van der Waals surface area contributed by atoms with Crippen LogP contribution in [-0.2, 0) is 20.9 Å². The summed E-state index contributed by atoms with van der Waals surface area (Å²) in [6.45, 7) is 0.460. The van der Waals surface area contributed by atoms with E-state index < -0.39 is 12.1 Å². The molecule has 1 fully saturated rings. The lowest BCUT2D eigenvalue weighted by atomic mass is 10.1. The van der Waals surface area contributed by atoms with Crippen molar-refractivity contribution in [1.29, 1.82) is 0 Å². The number of ether oxygens (including phenoxy) is 1. The number of nitrogens with zero attached hydrogens (tertiary/aromatic N) is 1. The zero-order valence-electron chi connectivity index (χ0n) is 10.9. The first-order chi connectivity index (χ1) is 9.56. The maximum Gasteiger partial charge on any atom is 0.323 e. The summed E-state index contributed by atoms with van der Waals surface area (Å²) in [4.78, 5) is 24.5. The smallest absolute Gasteiger partial charge is 0.323 e. The van der Waals surface area contributed by atoms with Gasteiger partial charge in [0.2, 0.25) is 0 Å². The van der Waals surface area contributed by atoms with Crippen molar-refractivity contribution in [2.24, 2.45) is 0 Å². The Labute approximate surface area is 122 Å². The molecule has 1 amide bonds. The second-order valence-corrected chi connectivity index (χ2v) is 5.15. The molecule has 2 rings (SSSR count). The Bertz CT molecular complexity index is 482. The van der Waals surface area contributed by atoms with Gasteiger partial charge in [0.1, 0.15) is 12.6 Å². The van der Waals surface area contributed by atoms with Gasteiger partial charge in [0, 0.05) is 18.2 Å². The van der Waals surface area contributed by atoms with Gasteiger partial charge in [-0.15, -0.1) is 0 Å². The van der Waals surface area contributed by atoms with Gasteiger partial charge in [0.25, 0.3) is 5.91 Å². The van der Waals surface area contributed by atoms with Gasteiger partial charge >= 0.3 is 5.97 Å². The van der Waals surface area contributed by atoms with E-state index in [2.05, 4.69) is 0 Å². The number of halogens is 1. The highest BCUT2D eigenvalue weighted by atomic mass is 35.5. The van der Waals surface area contributed by atoms with Crippen LogP contribution in [0.15, 0.2) is 24.3 Å². The molecule has 0 radical (unpaired) electrons. The molecule has 1 atom stereocenters. The Morgan fingerprint density at radius 3 is 2.60 bits per heavy atom. The van der Waals surface area contributed by atoms with E-state index >= 15 is 0 Å². The summed E-state index contributed by atoms with van der Waals surface area (Å²) in [6.07, 6.45) is 0.968. The van der Waals surface area contributed by atoms with Crippen molar-refractivity contribution in [1.82, 2.24) is 4.90 Å². The molecule has 1 heterocycles. The molecule has 1 N–H and O–H groups in total. The molecule has 0 bridgehead atoms. The van der Waals surface area contributed by atoms with Gasteiger partial charge < -0.3 is 14.7 Å². The number of hydrogen-bond acceptors (Lipinski definition) is 3. The largest absolute Gasteiger partial charge is 0.480 e. The molecule has 0 aliphatic carbocycles. The van der Waals surface area contributed by atoms with E-state index in [1.165, 1.54) is 4.90 Å². The van der Waals surface area contributed by atoms with Crippen molar-refractivity contribution in [2.75, 3.05) is 13.2 Å². The molecular weight excluding hydrogens is 282 g/mol.